The molecule has 0 aliphatic heterocycles. The van der Waals surface area contributed by atoms with Crippen LogP contribution < -0.4 is 7.16 Å². The van der Waals surface area contributed by atoms with Gasteiger partial charge in [0.15, 0.2) is 0 Å². The molecule has 19 heavy (non-hydrogen) atoms. The first-order valence-electron chi connectivity index (χ1n) is 6.25. The molecule has 0 atom stereocenters. The van der Waals surface area contributed by atoms with Crippen LogP contribution in [0, 0.1) is 12.3 Å². The Kier molecular flexibility index (Phi) is 4.68. The molecule has 0 aliphatic carbocycles. The number of hydrogen-bond acceptors (Lipinski definition) is 0. The van der Waals surface area contributed by atoms with E-state index < -0.39 is 18.4 Å². The van der Waals surface area contributed by atoms with Gasteiger partial charge in [0.1, 0.15) is 0 Å². The van der Waals surface area contributed by atoms with Crippen LogP contribution in [0.1, 0.15) is 0 Å². The number of rotatable bonds is 4. The van der Waals surface area contributed by atoms with Crippen molar-refractivity contribution in [1.82, 2.24) is 0 Å². The Bertz CT molecular complexity index is 574. The third kappa shape index (κ3) is 2.84. The normalized spacial score (nSPS) is 10.3. The van der Waals surface area contributed by atoms with Crippen molar-refractivity contribution in [3.63, 3.8) is 0 Å². The van der Waals surface area contributed by atoms with Crippen molar-refractivity contribution >= 4 is 25.5 Å². The van der Waals surface area contributed by atoms with E-state index in [0.29, 0.717) is 0 Å². The summed E-state index contributed by atoms with van der Waals surface area (Å²) in [6.07, 6.45) is 5.65. The van der Waals surface area contributed by atoms with Gasteiger partial charge in [-0.15, -0.1) is 0 Å². The van der Waals surface area contributed by atoms with E-state index in [9.17, 15) is 0 Å². The Labute approximate surface area is 119 Å². The summed E-state index contributed by atoms with van der Waals surface area (Å²) >= 11 is -2.97. The van der Waals surface area contributed by atoms with Crippen molar-refractivity contribution in [3.05, 3.63) is 77.1 Å². The molecule has 0 heterocycles. The third-order valence-corrected chi connectivity index (χ3v) is 15.3. The second-order valence-corrected chi connectivity index (χ2v) is 15.1. The first-order chi connectivity index (χ1) is 9.33. The SMILES string of the molecule is C#C[CH2][Sn]([CH]=C=C)([c]1ccccc1)[c]1ccccc1. The van der Waals surface area contributed by atoms with Crippen LogP contribution in [-0.2, 0) is 0 Å². The molecule has 0 nitrogen and oxygen atoms in total. The molecule has 0 fully saturated rings. The van der Waals surface area contributed by atoms with Gasteiger partial charge in [0.05, 0.1) is 0 Å². The molecule has 92 valence electrons. The van der Waals surface area contributed by atoms with Gasteiger partial charge in [0, 0.05) is 0 Å². The van der Waals surface area contributed by atoms with Crippen molar-refractivity contribution in [1.29, 1.82) is 0 Å². The molecule has 0 amide bonds. The van der Waals surface area contributed by atoms with Gasteiger partial charge in [-0.25, -0.2) is 0 Å². The van der Waals surface area contributed by atoms with Crippen LogP contribution in [0.25, 0.3) is 0 Å². The molecule has 0 bridgehead atoms. The van der Waals surface area contributed by atoms with E-state index in [0.717, 1.165) is 4.44 Å². The Hall–Kier alpha value is -1.68. The van der Waals surface area contributed by atoms with Gasteiger partial charge in [-0.05, 0) is 0 Å². The topological polar surface area (TPSA) is 0 Å². The first-order valence-corrected chi connectivity index (χ1v) is 12.8. The monoisotopic (exact) mass is 352 g/mol. The molecule has 0 unspecified atom stereocenters. The molecule has 0 aliphatic rings. The summed E-state index contributed by atoms with van der Waals surface area (Å²) in [6.45, 7) is 3.78. The van der Waals surface area contributed by atoms with Crippen molar-refractivity contribution in [2.24, 2.45) is 0 Å². The maximum absolute atomic E-state index is 5.65. The van der Waals surface area contributed by atoms with E-state index in [4.69, 9.17) is 6.42 Å². The van der Waals surface area contributed by atoms with Crippen molar-refractivity contribution in [2.75, 3.05) is 0 Å². The summed E-state index contributed by atoms with van der Waals surface area (Å²) in [7, 11) is 0. The maximum atomic E-state index is 5.65. The van der Waals surface area contributed by atoms with Crippen molar-refractivity contribution in [2.45, 2.75) is 4.44 Å². The van der Waals surface area contributed by atoms with Crippen molar-refractivity contribution in [3.8, 4) is 12.3 Å². The predicted molar refractivity (Wildman–Crippen MR) is 85.3 cm³/mol. The second kappa shape index (κ2) is 6.48. The average Bonchev–Trinajstić information content (AvgIpc) is 2.49. The zero-order valence-electron chi connectivity index (χ0n) is 10.8. The fourth-order valence-electron chi connectivity index (χ4n) is 2.39. The molecular weight excluding hydrogens is 335 g/mol. The molecule has 0 saturated heterocycles. The van der Waals surface area contributed by atoms with Crippen LogP contribution in [0.4, 0.5) is 0 Å². The molecule has 1 heteroatoms. The minimum absolute atomic E-state index is 0.797. The molecule has 2 rings (SSSR count). The van der Waals surface area contributed by atoms with E-state index in [1.165, 1.54) is 7.16 Å². The Balaban J connectivity index is 2.68. The molecule has 0 aromatic heterocycles. The zero-order valence-corrected chi connectivity index (χ0v) is 13.7. The predicted octanol–water partition coefficient (Wildman–Crippen LogP) is 2.76. The summed E-state index contributed by atoms with van der Waals surface area (Å²) < 4.78 is 5.72. The average molecular weight is 351 g/mol. The molecule has 0 saturated carbocycles. The third-order valence-electron chi connectivity index (χ3n) is 3.31. The van der Waals surface area contributed by atoms with Crippen LogP contribution in [0.3, 0.4) is 0 Å². The molecule has 2 aromatic rings. The summed E-state index contributed by atoms with van der Waals surface area (Å²) in [4.78, 5) is 0. The molecule has 0 spiro atoms. The van der Waals surface area contributed by atoms with Crippen molar-refractivity contribution < 1.29 is 0 Å². The van der Waals surface area contributed by atoms with E-state index in [2.05, 4.69) is 70.9 Å². The Morgan fingerprint density at radius 1 is 0.947 bits per heavy atom. The Morgan fingerprint density at radius 3 is 1.79 bits per heavy atom. The quantitative estimate of drug-likeness (QED) is 0.452. The van der Waals surface area contributed by atoms with Crippen LogP contribution in [0.2, 0.25) is 4.44 Å². The van der Waals surface area contributed by atoms with E-state index in [1.807, 2.05) is 12.1 Å². The van der Waals surface area contributed by atoms with E-state index in [-0.39, 0.29) is 0 Å². The van der Waals surface area contributed by atoms with Crippen LogP contribution in [-0.4, -0.2) is 18.4 Å². The number of terminal acetylenes is 1. The fraction of sp³-hybridized carbons (Fsp3) is 0.0556. The minimum atomic E-state index is -2.97. The van der Waals surface area contributed by atoms with Crippen LogP contribution in [0.5, 0.6) is 0 Å². The second-order valence-electron chi connectivity index (χ2n) is 4.43. The molecular formula is C18H16Sn. The zero-order chi connectivity index (χ0) is 13.6. The standard InChI is InChI=1S/2C6H5.2C3H3.Sn/c2*1-2-4-6-5-3-1;2*1-3-2;/h2*1-5H;2*1H,2H2;. The van der Waals surface area contributed by atoms with Gasteiger partial charge >= 0.3 is 119 Å². The summed E-state index contributed by atoms with van der Waals surface area (Å²) in [6, 6.07) is 21.2. The molecule has 0 radical (unpaired) electrons. The Morgan fingerprint density at radius 2 is 1.42 bits per heavy atom. The van der Waals surface area contributed by atoms with Crippen LogP contribution in [0.15, 0.2) is 77.1 Å². The van der Waals surface area contributed by atoms with Gasteiger partial charge < -0.3 is 0 Å². The van der Waals surface area contributed by atoms with Gasteiger partial charge in [-0.1, -0.05) is 0 Å². The molecule has 0 N–H and O–H groups in total. The van der Waals surface area contributed by atoms with E-state index in [1.54, 1.807) is 0 Å². The van der Waals surface area contributed by atoms with Gasteiger partial charge in [-0.2, -0.15) is 0 Å². The van der Waals surface area contributed by atoms with Gasteiger partial charge in [0.2, 0.25) is 0 Å². The first kappa shape index (κ1) is 13.7. The summed E-state index contributed by atoms with van der Waals surface area (Å²) in [5.74, 6) is 2.88. The number of benzene rings is 2. The number of hydrogen-bond donors (Lipinski definition) is 0. The molecule has 2 aromatic carbocycles. The van der Waals surface area contributed by atoms with E-state index >= 15 is 0 Å². The van der Waals surface area contributed by atoms with Gasteiger partial charge in [0.25, 0.3) is 0 Å². The summed E-state index contributed by atoms with van der Waals surface area (Å²) in [5, 5.41) is 0. The summed E-state index contributed by atoms with van der Waals surface area (Å²) in [5.41, 5.74) is 3.01. The van der Waals surface area contributed by atoms with Gasteiger partial charge in [-0.3, -0.25) is 0 Å². The fourth-order valence-corrected chi connectivity index (χ4v) is 12.2. The van der Waals surface area contributed by atoms with Crippen LogP contribution >= 0.6 is 0 Å².